The lowest BCUT2D eigenvalue weighted by Crippen LogP contribution is -2.27. The van der Waals surface area contributed by atoms with E-state index in [2.05, 4.69) is 20.3 Å². The number of rotatable bonds is 2. The van der Waals surface area contributed by atoms with Crippen LogP contribution >= 0.6 is 12.4 Å². The minimum absolute atomic E-state index is 0. The van der Waals surface area contributed by atoms with Crippen LogP contribution in [0.1, 0.15) is 30.3 Å². The Balaban J connectivity index is 0.00000169. The summed E-state index contributed by atoms with van der Waals surface area (Å²) in [6, 6.07) is 9.54. The molecule has 0 saturated carbocycles. The van der Waals surface area contributed by atoms with Crippen molar-refractivity contribution in [2.75, 3.05) is 13.1 Å². The third-order valence-electron chi connectivity index (χ3n) is 4.51. The zero-order chi connectivity index (χ0) is 15.8. The van der Waals surface area contributed by atoms with Crippen molar-refractivity contribution in [2.24, 2.45) is 0 Å². The molecule has 2 aromatic heterocycles. The van der Waals surface area contributed by atoms with Crippen LogP contribution < -0.4 is 5.32 Å². The first kappa shape index (κ1) is 16.9. The Morgan fingerprint density at radius 2 is 1.79 bits per heavy atom. The predicted octanol–water partition coefficient (Wildman–Crippen LogP) is 3.96. The highest BCUT2D eigenvalue weighted by molar-refractivity contribution is 5.86. The van der Waals surface area contributed by atoms with Gasteiger partial charge in [0.2, 0.25) is 0 Å². The van der Waals surface area contributed by atoms with E-state index in [9.17, 15) is 4.39 Å². The number of aromatic nitrogens is 3. The molecule has 0 bridgehead atoms. The van der Waals surface area contributed by atoms with Gasteiger partial charge in [-0.2, -0.15) is 0 Å². The van der Waals surface area contributed by atoms with Crippen molar-refractivity contribution < 1.29 is 4.39 Å². The number of piperidine rings is 1. The van der Waals surface area contributed by atoms with Crippen molar-refractivity contribution in [2.45, 2.75) is 25.7 Å². The van der Waals surface area contributed by atoms with E-state index in [0.717, 1.165) is 42.7 Å². The van der Waals surface area contributed by atoms with E-state index in [1.54, 1.807) is 0 Å². The second kappa shape index (κ2) is 6.87. The first-order valence-corrected chi connectivity index (χ1v) is 8.06. The molecule has 1 aliphatic heterocycles. The molecule has 24 heavy (non-hydrogen) atoms. The largest absolute Gasteiger partial charge is 0.349 e. The summed E-state index contributed by atoms with van der Waals surface area (Å²) in [4.78, 5) is 12.2. The fourth-order valence-electron chi connectivity index (χ4n) is 3.37. The van der Waals surface area contributed by atoms with Gasteiger partial charge in [-0.3, -0.25) is 0 Å². The maximum Gasteiger partial charge on any atom is 0.175 e. The number of hydrogen-bond acceptors (Lipinski definition) is 3. The molecule has 0 unspecified atom stereocenters. The lowest BCUT2D eigenvalue weighted by Gasteiger charge is -2.22. The van der Waals surface area contributed by atoms with E-state index in [1.165, 1.54) is 0 Å². The van der Waals surface area contributed by atoms with Crippen molar-refractivity contribution in [3.8, 4) is 11.3 Å². The van der Waals surface area contributed by atoms with Gasteiger partial charge in [-0.25, -0.2) is 14.4 Å². The fraction of sp³-hybridized carbons (Fsp3) is 0.333. The Labute approximate surface area is 146 Å². The summed E-state index contributed by atoms with van der Waals surface area (Å²) in [7, 11) is 0. The summed E-state index contributed by atoms with van der Waals surface area (Å²) in [5.74, 6) is 0.692. The lowest BCUT2D eigenvalue weighted by atomic mass is 9.93. The van der Waals surface area contributed by atoms with Gasteiger partial charge in [0.05, 0.1) is 16.9 Å². The van der Waals surface area contributed by atoms with E-state index in [4.69, 9.17) is 0 Å². The first-order valence-electron chi connectivity index (χ1n) is 8.06. The van der Waals surface area contributed by atoms with Crippen LogP contribution in [0.2, 0.25) is 0 Å². The minimum atomic E-state index is -0.285. The van der Waals surface area contributed by atoms with Crippen molar-refractivity contribution in [3.05, 3.63) is 47.7 Å². The summed E-state index contributed by atoms with van der Waals surface area (Å²) in [6.45, 7) is 3.78. The summed E-state index contributed by atoms with van der Waals surface area (Å²) >= 11 is 0. The summed E-state index contributed by atoms with van der Waals surface area (Å²) in [5, 5.41) is 3.36. The zero-order valence-corrected chi connectivity index (χ0v) is 14.3. The third-order valence-corrected chi connectivity index (χ3v) is 4.51. The fourth-order valence-corrected chi connectivity index (χ4v) is 3.37. The highest BCUT2D eigenvalue weighted by atomic mass is 35.5. The van der Waals surface area contributed by atoms with Crippen LogP contribution in [0.5, 0.6) is 0 Å². The number of nitrogens with zero attached hydrogens (tertiary/aromatic N) is 2. The van der Waals surface area contributed by atoms with Crippen LogP contribution in [0, 0.1) is 12.7 Å². The van der Waals surface area contributed by atoms with Gasteiger partial charge in [-0.1, -0.05) is 30.3 Å². The van der Waals surface area contributed by atoms with E-state index in [1.807, 2.05) is 37.3 Å². The van der Waals surface area contributed by atoms with Gasteiger partial charge in [0, 0.05) is 11.5 Å². The molecule has 0 radical (unpaired) electrons. The van der Waals surface area contributed by atoms with Gasteiger partial charge in [0.15, 0.2) is 5.82 Å². The Morgan fingerprint density at radius 1 is 1.08 bits per heavy atom. The number of aromatic amines is 1. The monoisotopic (exact) mass is 346 g/mol. The van der Waals surface area contributed by atoms with Gasteiger partial charge >= 0.3 is 0 Å². The molecular formula is C18H20ClFN4. The summed E-state index contributed by atoms with van der Waals surface area (Å²) in [6.07, 6.45) is 2.04. The number of aryl methyl sites for hydroxylation is 1. The van der Waals surface area contributed by atoms with Crippen molar-refractivity contribution in [1.29, 1.82) is 0 Å². The van der Waals surface area contributed by atoms with Gasteiger partial charge in [0.25, 0.3) is 0 Å². The number of fused-ring (bicyclic) bond motifs is 1. The maximum absolute atomic E-state index is 14.9. The lowest BCUT2D eigenvalue weighted by molar-refractivity contribution is 0.454. The Bertz CT molecular complexity index is 841. The van der Waals surface area contributed by atoms with Crippen molar-refractivity contribution in [3.63, 3.8) is 0 Å². The molecule has 0 spiro atoms. The van der Waals surface area contributed by atoms with E-state index >= 15 is 0 Å². The smallest absolute Gasteiger partial charge is 0.175 e. The number of nitrogens with one attached hydrogen (secondary N) is 2. The minimum Gasteiger partial charge on any atom is -0.349 e. The van der Waals surface area contributed by atoms with E-state index in [0.29, 0.717) is 23.0 Å². The molecule has 2 N–H and O–H groups in total. The molecule has 1 saturated heterocycles. The topological polar surface area (TPSA) is 53.6 Å². The third kappa shape index (κ3) is 2.89. The van der Waals surface area contributed by atoms with Crippen LogP contribution in [0.3, 0.4) is 0 Å². The molecule has 1 aliphatic rings. The number of hydrogen-bond donors (Lipinski definition) is 2. The van der Waals surface area contributed by atoms with Gasteiger partial charge in [0.1, 0.15) is 11.3 Å². The average molecular weight is 347 g/mol. The van der Waals surface area contributed by atoms with Crippen LogP contribution in [0.25, 0.3) is 22.3 Å². The molecule has 6 heteroatoms. The quantitative estimate of drug-likeness (QED) is 0.738. The molecule has 1 fully saturated rings. The van der Waals surface area contributed by atoms with Crippen LogP contribution in [-0.2, 0) is 0 Å². The Morgan fingerprint density at radius 3 is 2.50 bits per heavy atom. The molecule has 1 aromatic carbocycles. The van der Waals surface area contributed by atoms with Gasteiger partial charge in [-0.15, -0.1) is 12.4 Å². The van der Waals surface area contributed by atoms with Crippen molar-refractivity contribution >= 4 is 23.4 Å². The number of benzene rings is 1. The molecular weight excluding hydrogens is 327 g/mol. The van der Waals surface area contributed by atoms with Crippen LogP contribution in [0.4, 0.5) is 4.39 Å². The molecule has 0 atom stereocenters. The second-order valence-electron chi connectivity index (χ2n) is 6.08. The summed E-state index contributed by atoms with van der Waals surface area (Å²) in [5.41, 5.74) is 3.44. The zero-order valence-electron chi connectivity index (χ0n) is 13.5. The maximum atomic E-state index is 14.9. The van der Waals surface area contributed by atoms with Gasteiger partial charge < -0.3 is 10.3 Å². The normalized spacial score (nSPS) is 15.4. The first-order chi connectivity index (χ1) is 11.2. The Hall–Kier alpha value is -1.98. The van der Waals surface area contributed by atoms with Crippen LogP contribution in [0.15, 0.2) is 30.3 Å². The SMILES string of the molecule is Cc1nc(C2CCNCC2)c2[nH]c(-c3ccccc3)c(F)c2n1.Cl. The molecule has 126 valence electrons. The average Bonchev–Trinajstić information content (AvgIpc) is 2.93. The standard InChI is InChI=1S/C18H19FN4.ClH/c1-11-21-16(13-7-9-20-10-8-13)18-17(22-11)14(19)15(23-18)12-5-3-2-4-6-12;/h2-6,13,20,23H,7-10H2,1H3;1H. The van der Waals surface area contributed by atoms with Crippen LogP contribution in [-0.4, -0.2) is 28.0 Å². The van der Waals surface area contributed by atoms with Crippen molar-refractivity contribution in [1.82, 2.24) is 20.3 Å². The second-order valence-corrected chi connectivity index (χ2v) is 6.08. The summed E-state index contributed by atoms with van der Waals surface area (Å²) < 4.78 is 14.9. The molecule has 0 aliphatic carbocycles. The highest BCUT2D eigenvalue weighted by Gasteiger charge is 2.24. The Kier molecular flexibility index (Phi) is 4.83. The predicted molar refractivity (Wildman–Crippen MR) is 96.1 cm³/mol. The molecule has 0 amide bonds. The highest BCUT2D eigenvalue weighted by Crippen LogP contribution is 2.33. The number of H-pyrrole nitrogens is 1. The number of halogens is 2. The molecule has 3 aromatic rings. The van der Waals surface area contributed by atoms with E-state index in [-0.39, 0.29) is 18.2 Å². The molecule has 3 heterocycles. The molecule has 4 rings (SSSR count). The van der Waals surface area contributed by atoms with E-state index < -0.39 is 0 Å². The molecule has 4 nitrogen and oxygen atoms in total. The van der Waals surface area contributed by atoms with Gasteiger partial charge in [-0.05, 0) is 32.9 Å².